The van der Waals surface area contributed by atoms with Crippen molar-refractivity contribution in [2.24, 2.45) is 4.99 Å². The maximum absolute atomic E-state index is 5.52. The molecule has 0 aromatic carbocycles. The highest BCUT2D eigenvalue weighted by Gasteiger charge is 2.01. The number of hydrogen-bond acceptors (Lipinski definition) is 3. The molecule has 0 aliphatic carbocycles. The van der Waals surface area contributed by atoms with Gasteiger partial charge in [0.1, 0.15) is 0 Å². The number of nitrogens with one attached hydrogen (secondary N) is 2. The summed E-state index contributed by atoms with van der Waals surface area (Å²) >= 11 is 0. The minimum absolute atomic E-state index is 0. The first-order valence-corrected chi connectivity index (χ1v) is 7.70. The topological polar surface area (TPSA) is 58.5 Å². The molecule has 0 radical (unpaired) electrons. The molecule has 0 aliphatic rings. The zero-order valence-electron chi connectivity index (χ0n) is 13.9. The summed E-state index contributed by atoms with van der Waals surface area (Å²) in [5, 5.41) is 6.55. The highest BCUT2D eigenvalue weighted by atomic mass is 127. The summed E-state index contributed by atoms with van der Waals surface area (Å²) in [7, 11) is 1.78. The monoisotopic (exact) mass is 420 g/mol. The van der Waals surface area contributed by atoms with Gasteiger partial charge in [-0.1, -0.05) is 19.4 Å². The minimum Gasteiger partial charge on any atom is -0.381 e. The van der Waals surface area contributed by atoms with Gasteiger partial charge in [0.05, 0.1) is 12.2 Å². The van der Waals surface area contributed by atoms with E-state index in [1.807, 2.05) is 12.3 Å². The van der Waals surface area contributed by atoms with Gasteiger partial charge in [-0.3, -0.25) is 9.98 Å². The van der Waals surface area contributed by atoms with E-state index in [0.29, 0.717) is 6.54 Å². The van der Waals surface area contributed by atoms with E-state index in [1.165, 1.54) is 12.0 Å². The number of rotatable bonds is 9. The predicted molar refractivity (Wildman–Crippen MR) is 103 cm³/mol. The lowest BCUT2D eigenvalue weighted by Crippen LogP contribution is -2.37. The van der Waals surface area contributed by atoms with Crippen molar-refractivity contribution in [3.63, 3.8) is 0 Å². The molecule has 0 saturated heterocycles. The van der Waals surface area contributed by atoms with Crippen LogP contribution < -0.4 is 10.6 Å². The maximum Gasteiger partial charge on any atom is 0.191 e. The Bertz CT molecular complexity index is 426. The largest absolute Gasteiger partial charge is 0.381 e. The SMILES string of the molecule is CCCCOCCCNC(=NC)NCc1ncccc1C.I. The third-order valence-electron chi connectivity index (χ3n) is 3.16. The van der Waals surface area contributed by atoms with Crippen molar-refractivity contribution < 1.29 is 4.74 Å². The Morgan fingerprint density at radius 1 is 1.27 bits per heavy atom. The molecular formula is C16H29IN4O. The predicted octanol–water partition coefficient (Wildman–Crippen LogP) is 2.88. The second kappa shape index (κ2) is 13.8. The number of nitrogens with zero attached hydrogens (tertiary/aromatic N) is 2. The molecule has 1 rings (SSSR count). The van der Waals surface area contributed by atoms with E-state index in [4.69, 9.17) is 4.74 Å². The summed E-state index contributed by atoms with van der Waals surface area (Å²) in [5.41, 5.74) is 2.23. The van der Waals surface area contributed by atoms with E-state index in [1.54, 1.807) is 7.05 Å². The molecule has 0 aliphatic heterocycles. The highest BCUT2D eigenvalue weighted by Crippen LogP contribution is 2.01. The number of ether oxygens (including phenoxy) is 1. The van der Waals surface area contributed by atoms with Gasteiger partial charge in [-0.15, -0.1) is 24.0 Å². The van der Waals surface area contributed by atoms with Crippen LogP contribution in [-0.2, 0) is 11.3 Å². The van der Waals surface area contributed by atoms with Gasteiger partial charge < -0.3 is 15.4 Å². The third kappa shape index (κ3) is 9.19. The van der Waals surface area contributed by atoms with Crippen LogP contribution in [0.4, 0.5) is 0 Å². The number of hydrogen-bond donors (Lipinski definition) is 2. The second-order valence-electron chi connectivity index (χ2n) is 4.94. The fourth-order valence-electron chi connectivity index (χ4n) is 1.82. The van der Waals surface area contributed by atoms with E-state index in [0.717, 1.165) is 44.3 Å². The van der Waals surface area contributed by atoms with Crippen molar-refractivity contribution >= 4 is 29.9 Å². The number of aryl methyl sites for hydroxylation is 1. The van der Waals surface area contributed by atoms with Crippen LogP contribution in [0.15, 0.2) is 23.3 Å². The van der Waals surface area contributed by atoms with Crippen LogP contribution in [-0.4, -0.2) is 37.7 Å². The van der Waals surface area contributed by atoms with Gasteiger partial charge in [0.2, 0.25) is 0 Å². The quantitative estimate of drug-likeness (QED) is 0.279. The first kappa shape index (κ1) is 21.1. The van der Waals surface area contributed by atoms with Gasteiger partial charge >= 0.3 is 0 Å². The molecule has 1 aromatic heterocycles. The molecule has 0 atom stereocenters. The van der Waals surface area contributed by atoms with Gasteiger partial charge in [-0.05, 0) is 31.4 Å². The smallest absolute Gasteiger partial charge is 0.191 e. The van der Waals surface area contributed by atoms with Crippen LogP contribution in [0.25, 0.3) is 0 Å². The normalized spacial score (nSPS) is 11.0. The Balaban J connectivity index is 0.00000441. The molecule has 126 valence electrons. The summed E-state index contributed by atoms with van der Waals surface area (Å²) in [5.74, 6) is 0.800. The molecule has 0 amide bonds. The lowest BCUT2D eigenvalue weighted by Gasteiger charge is -2.12. The molecular weight excluding hydrogens is 391 g/mol. The van der Waals surface area contributed by atoms with E-state index in [-0.39, 0.29) is 24.0 Å². The van der Waals surface area contributed by atoms with Crippen molar-refractivity contribution in [3.05, 3.63) is 29.6 Å². The van der Waals surface area contributed by atoms with E-state index in [2.05, 4.69) is 40.5 Å². The molecule has 0 bridgehead atoms. The van der Waals surface area contributed by atoms with Gasteiger partial charge in [0.15, 0.2) is 5.96 Å². The summed E-state index contributed by atoms with van der Waals surface area (Å²) in [4.78, 5) is 8.56. The number of halogens is 1. The Morgan fingerprint density at radius 3 is 2.73 bits per heavy atom. The molecule has 0 saturated carbocycles. The number of guanidine groups is 1. The maximum atomic E-state index is 5.52. The first-order valence-electron chi connectivity index (χ1n) is 7.70. The van der Waals surface area contributed by atoms with Crippen molar-refractivity contribution in [3.8, 4) is 0 Å². The number of aliphatic imine (C=N–C) groups is 1. The summed E-state index contributed by atoms with van der Waals surface area (Å²) in [6.07, 6.45) is 5.11. The van der Waals surface area contributed by atoms with Gasteiger partial charge in [-0.25, -0.2) is 0 Å². The Kier molecular flexibility index (Phi) is 13.2. The van der Waals surface area contributed by atoms with E-state index < -0.39 is 0 Å². The number of unbranched alkanes of at least 4 members (excludes halogenated alkanes) is 1. The van der Waals surface area contributed by atoms with E-state index in [9.17, 15) is 0 Å². The van der Waals surface area contributed by atoms with Gasteiger partial charge in [0.25, 0.3) is 0 Å². The van der Waals surface area contributed by atoms with Gasteiger partial charge in [-0.2, -0.15) is 0 Å². The Hall–Kier alpha value is -0.890. The van der Waals surface area contributed by atoms with Crippen molar-refractivity contribution in [2.75, 3.05) is 26.8 Å². The summed E-state index contributed by atoms with van der Waals surface area (Å²) in [6.45, 7) is 7.43. The summed E-state index contributed by atoms with van der Waals surface area (Å²) < 4.78 is 5.52. The lowest BCUT2D eigenvalue weighted by molar-refractivity contribution is 0.129. The van der Waals surface area contributed by atoms with Crippen LogP contribution >= 0.6 is 24.0 Å². The fourth-order valence-corrected chi connectivity index (χ4v) is 1.82. The molecule has 0 spiro atoms. The molecule has 22 heavy (non-hydrogen) atoms. The van der Waals surface area contributed by atoms with Crippen molar-refractivity contribution in [1.29, 1.82) is 0 Å². The average Bonchev–Trinajstić information content (AvgIpc) is 2.51. The second-order valence-corrected chi connectivity index (χ2v) is 4.94. The highest BCUT2D eigenvalue weighted by molar-refractivity contribution is 14.0. The minimum atomic E-state index is 0. The molecule has 0 unspecified atom stereocenters. The zero-order valence-corrected chi connectivity index (χ0v) is 16.2. The van der Waals surface area contributed by atoms with Gasteiger partial charge in [0, 0.05) is 33.0 Å². The van der Waals surface area contributed by atoms with Crippen molar-refractivity contribution in [2.45, 2.75) is 39.7 Å². The zero-order chi connectivity index (χ0) is 15.3. The van der Waals surface area contributed by atoms with Crippen LogP contribution in [0.3, 0.4) is 0 Å². The first-order chi connectivity index (χ1) is 10.3. The molecule has 1 heterocycles. The number of pyridine rings is 1. The molecule has 2 N–H and O–H groups in total. The molecule has 1 aromatic rings. The average molecular weight is 420 g/mol. The van der Waals surface area contributed by atoms with Crippen LogP contribution in [0.1, 0.15) is 37.4 Å². The number of aromatic nitrogens is 1. The van der Waals surface area contributed by atoms with Crippen LogP contribution in [0, 0.1) is 6.92 Å². The molecule has 6 heteroatoms. The van der Waals surface area contributed by atoms with Crippen molar-refractivity contribution in [1.82, 2.24) is 15.6 Å². The third-order valence-corrected chi connectivity index (χ3v) is 3.16. The Morgan fingerprint density at radius 2 is 2.05 bits per heavy atom. The van der Waals surface area contributed by atoms with E-state index >= 15 is 0 Å². The Labute approximate surface area is 151 Å². The lowest BCUT2D eigenvalue weighted by atomic mass is 10.2. The summed E-state index contributed by atoms with van der Waals surface area (Å²) in [6, 6.07) is 4.01. The molecule has 0 fully saturated rings. The van der Waals surface area contributed by atoms with Crippen LogP contribution in [0.2, 0.25) is 0 Å². The molecule has 5 nitrogen and oxygen atoms in total. The van der Waals surface area contributed by atoms with Crippen LogP contribution in [0.5, 0.6) is 0 Å². The standard InChI is InChI=1S/C16H28N4O.HI/c1-4-5-11-21-12-7-10-19-16(17-3)20-13-15-14(2)8-6-9-18-15;/h6,8-9H,4-5,7,10-13H2,1-3H3,(H2,17,19,20);1H. The fraction of sp³-hybridized carbons (Fsp3) is 0.625.